The first kappa shape index (κ1) is 40.0. The molecule has 0 aromatic heterocycles. The largest absolute Gasteiger partial charge is 0.503 e. The SMILES string of the molecule is O=C1NCCc2cc(Br)c(O)c(c2)Oc2c(Br)cc(cc2Br)CCNC(=O)/C(=N\O)Cc2cc(Br)c(O)c(c2)Oc2c(Br)cc(cc2Br)C/C1=N/O. The predicted molar refractivity (Wildman–Crippen MR) is 215 cm³/mol. The van der Waals surface area contributed by atoms with Crippen molar-refractivity contribution in [3.63, 3.8) is 0 Å². The zero-order valence-electron chi connectivity index (χ0n) is 26.4. The van der Waals surface area contributed by atoms with Crippen molar-refractivity contribution >= 4 is 119 Å². The third-order valence-electron chi connectivity index (χ3n) is 7.62. The van der Waals surface area contributed by atoms with Crippen molar-refractivity contribution in [2.75, 3.05) is 13.1 Å². The molecule has 0 spiro atoms. The van der Waals surface area contributed by atoms with E-state index in [-0.39, 0.29) is 70.6 Å². The maximum Gasteiger partial charge on any atom is 0.269 e. The lowest BCUT2D eigenvalue weighted by Gasteiger charge is -2.16. The Morgan fingerprint density at radius 2 is 0.846 bits per heavy atom. The van der Waals surface area contributed by atoms with Gasteiger partial charge in [0.15, 0.2) is 34.5 Å². The van der Waals surface area contributed by atoms with Crippen LogP contribution in [0.25, 0.3) is 0 Å². The highest BCUT2D eigenvalue weighted by atomic mass is 79.9. The van der Waals surface area contributed by atoms with Crippen LogP contribution in [-0.4, -0.2) is 57.0 Å². The van der Waals surface area contributed by atoms with E-state index >= 15 is 0 Å². The summed E-state index contributed by atoms with van der Waals surface area (Å²) in [6, 6.07) is 13.4. The van der Waals surface area contributed by atoms with E-state index in [1.165, 1.54) is 6.07 Å². The Kier molecular flexibility index (Phi) is 13.7. The molecule has 12 nitrogen and oxygen atoms in total. The summed E-state index contributed by atoms with van der Waals surface area (Å²) in [6.07, 6.45) is 0.622. The number of nitrogens with zero attached hydrogens (tertiary/aromatic N) is 2. The minimum atomic E-state index is -0.595. The molecular formula is C34H26Br6N4O8. The van der Waals surface area contributed by atoms with Crippen molar-refractivity contribution < 1.29 is 39.7 Å². The second-order valence-electron chi connectivity index (χ2n) is 11.3. The number of nitrogens with one attached hydrogen (secondary N) is 2. The maximum atomic E-state index is 13.0. The standard InChI is InChI=1S/C34H26Br6N4O8/c35-19-5-16-2-4-42-33(47)25(43-49)11-17-9-23(39)32(24(40)10-17)52-28-14-18(8-20(36)30(28)46)12-26(44-50)34(48)41-3-1-15-6-21(37)31(22(38)7-15)51-27(13-16)29(19)45/h5-10,13-14,45-46,49-50H,1-4,11-12H2,(H,41,48)(H,42,47)/b43-25-,44-26-. The summed E-state index contributed by atoms with van der Waals surface area (Å²) in [5.74, 6) is -0.646. The number of rotatable bonds is 0. The minimum Gasteiger partial charge on any atom is -0.503 e. The number of carbonyl (C=O) groups is 2. The second-order valence-corrected chi connectivity index (χ2v) is 16.4. The summed E-state index contributed by atoms with van der Waals surface area (Å²) in [6.45, 7) is 0.387. The van der Waals surface area contributed by atoms with Crippen LogP contribution in [0.3, 0.4) is 0 Å². The summed E-state index contributed by atoms with van der Waals surface area (Å²) < 4.78 is 14.9. The number of carbonyl (C=O) groups excluding carboxylic acids is 2. The van der Waals surface area contributed by atoms with Crippen LogP contribution in [0, 0.1) is 0 Å². The first-order valence-electron chi connectivity index (χ1n) is 15.1. The van der Waals surface area contributed by atoms with Gasteiger partial charge in [0.2, 0.25) is 0 Å². The van der Waals surface area contributed by atoms with E-state index in [9.17, 15) is 30.2 Å². The van der Waals surface area contributed by atoms with Crippen LogP contribution in [0.1, 0.15) is 22.3 Å². The van der Waals surface area contributed by atoms with Gasteiger partial charge in [-0.2, -0.15) is 0 Å². The highest BCUT2D eigenvalue weighted by Crippen LogP contribution is 2.45. The maximum absolute atomic E-state index is 13.0. The summed E-state index contributed by atoms with van der Waals surface area (Å²) in [5, 5.41) is 53.0. The van der Waals surface area contributed by atoms with Gasteiger partial charge < -0.3 is 40.7 Å². The van der Waals surface area contributed by atoms with Crippen LogP contribution in [-0.2, 0) is 35.3 Å². The number of halogens is 6. The third kappa shape index (κ3) is 9.68. The Morgan fingerprint density at radius 3 is 1.27 bits per heavy atom. The molecule has 4 aromatic carbocycles. The number of oxime groups is 2. The Labute approximate surface area is 347 Å². The minimum absolute atomic E-state index is 0.0390. The molecule has 272 valence electrons. The summed E-state index contributed by atoms with van der Waals surface area (Å²) in [4.78, 5) is 26.1. The first-order chi connectivity index (χ1) is 24.8. The molecule has 2 amide bonds. The van der Waals surface area contributed by atoms with Gasteiger partial charge in [0.05, 0.1) is 26.8 Å². The van der Waals surface area contributed by atoms with Gasteiger partial charge in [0.25, 0.3) is 11.8 Å². The van der Waals surface area contributed by atoms with Crippen molar-refractivity contribution in [2.24, 2.45) is 10.3 Å². The summed E-state index contributed by atoms with van der Waals surface area (Å²) in [5.41, 5.74) is 2.32. The van der Waals surface area contributed by atoms with Crippen molar-refractivity contribution in [2.45, 2.75) is 25.7 Å². The van der Waals surface area contributed by atoms with Crippen LogP contribution in [0.4, 0.5) is 0 Å². The van der Waals surface area contributed by atoms with Crippen LogP contribution >= 0.6 is 95.6 Å². The van der Waals surface area contributed by atoms with Gasteiger partial charge in [-0.1, -0.05) is 10.3 Å². The Morgan fingerprint density at radius 1 is 0.519 bits per heavy atom. The molecular weight excluding hydrogens is 1070 g/mol. The molecule has 0 radical (unpaired) electrons. The molecule has 0 unspecified atom stereocenters. The number of phenols is 2. The predicted octanol–water partition coefficient (Wildman–Crippen LogP) is 9.03. The van der Waals surface area contributed by atoms with E-state index in [1.807, 2.05) is 12.1 Å². The topological polar surface area (TPSA) is 182 Å². The highest BCUT2D eigenvalue weighted by molar-refractivity contribution is 9.11. The van der Waals surface area contributed by atoms with Crippen LogP contribution in [0.5, 0.6) is 34.5 Å². The fourth-order valence-electron chi connectivity index (χ4n) is 5.10. The molecule has 52 heavy (non-hydrogen) atoms. The van der Waals surface area contributed by atoms with E-state index in [1.54, 1.807) is 30.3 Å². The molecule has 0 aliphatic carbocycles. The molecule has 4 aliphatic rings. The molecule has 8 rings (SSSR count). The molecule has 0 atom stereocenters. The Bertz CT molecular complexity index is 2080. The monoisotopic (exact) mass is 1090 g/mol. The molecule has 4 heterocycles. The molecule has 6 N–H and O–H groups in total. The van der Waals surface area contributed by atoms with Crippen molar-refractivity contribution in [3.8, 4) is 34.5 Å². The van der Waals surface area contributed by atoms with Crippen molar-refractivity contribution in [3.05, 3.63) is 97.6 Å². The molecule has 0 saturated carbocycles. The molecule has 4 aliphatic heterocycles. The summed E-state index contributed by atoms with van der Waals surface area (Å²) >= 11 is 20.7. The Hall–Kier alpha value is -3.16. The fraction of sp³-hybridized carbons (Fsp3) is 0.176. The lowest BCUT2D eigenvalue weighted by Crippen LogP contribution is -2.33. The van der Waals surface area contributed by atoms with Gasteiger partial charge in [-0.05, 0) is 179 Å². The normalized spacial score (nSPS) is 16.1. The van der Waals surface area contributed by atoms with Crippen LogP contribution in [0.2, 0.25) is 0 Å². The lowest BCUT2D eigenvalue weighted by atomic mass is 10.1. The lowest BCUT2D eigenvalue weighted by molar-refractivity contribution is -0.115. The molecule has 4 aromatic rings. The quantitative estimate of drug-likeness (QED) is 0.0745. The van der Waals surface area contributed by atoms with Crippen LogP contribution < -0.4 is 20.1 Å². The van der Waals surface area contributed by atoms with Gasteiger partial charge in [-0.25, -0.2) is 0 Å². The highest BCUT2D eigenvalue weighted by Gasteiger charge is 2.21. The number of ether oxygens (including phenoxy) is 2. The number of amides is 2. The zero-order chi connectivity index (χ0) is 37.7. The molecule has 0 fully saturated rings. The van der Waals surface area contributed by atoms with Gasteiger partial charge >= 0.3 is 0 Å². The van der Waals surface area contributed by atoms with Crippen molar-refractivity contribution in [1.82, 2.24) is 10.6 Å². The number of aromatic hydroxyl groups is 2. The average Bonchev–Trinajstić information content (AvgIpc) is 3.09. The van der Waals surface area contributed by atoms with E-state index < -0.39 is 11.8 Å². The smallest absolute Gasteiger partial charge is 0.269 e. The number of benzene rings is 4. The fourth-order valence-corrected chi connectivity index (χ4v) is 8.96. The molecule has 0 saturated heterocycles. The van der Waals surface area contributed by atoms with Crippen LogP contribution in [0.15, 0.2) is 85.7 Å². The van der Waals surface area contributed by atoms with Gasteiger partial charge in [0, 0.05) is 25.9 Å². The van der Waals surface area contributed by atoms with E-state index in [0.717, 1.165) is 11.1 Å². The number of hydrogen-bond donors (Lipinski definition) is 6. The zero-order valence-corrected chi connectivity index (χ0v) is 36.0. The molecule has 8 bridgehead atoms. The summed E-state index contributed by atoms with van der Waals surface area (Å²) in [7, 11) is 0. The Balaban J connectivity index is 1.49. The second kappa shape index (κ2) is 17.8. The van der Waals surface area contributed by atoms with Gasteiger partial charge in [-0.15, -0.1) is 0 Å². The number of hydrogen-bond acceptors (Lipinski definition) is 10. The van der Waals surface area contributed by atoms with Crippen molar-refractivity contribution in [1.29, 1.82) is 0 Å². The molecule has 18 heteroatoms. The van der Waals surface area contributed by atoms with E-state index in [2.05, 4.69) is 117 Å². The van der Waals surface area contributed by atoms with E-state index in [0.29, 0.717) is 52.1 Å². The first-order valence-corrected chi connectivity index (χ1v) is 19.9. The third-order valence-corrected chi connectivity index (χ3v) is 11.2. The van der Waals surface area contributed by atoms with Gasteiger partial charge in [-0.3, -0.25) is 9.59 Å². The van der Waals surface area contributed by atoms with Gasteiger partial charge in [0.1, 0.15) is 11.4 Å². The average molecular weight is 1100 g/mol. The van der Waals surface area contributed by atoms with E-state index in [4.69, 9.17) is 9.47 Å². The number of phenolic OH excluding ortho intramolecular Hbond substituents is 2.